The summed E-state index contributed by atoms with van der Waals surface area (Å²) in [6.07, 6.45) is 0.866. The predicted octanol–water partition coefficient (Wildman–Crippen LogP) is 1.03. The van der Waals surface area contributed by atoms with Crippen molar-refractivity contribution in [1.82, 2.24) is 0 Å². The molecule has 0 saturated carbocycles. The monoisotopic (exact) mass is 186 g/mol. The maximum atomic E-state index is 11.2. The highest BCUT2D eigenvalue weighted by Crippen LogP contribution is 2.21. The van der Waals surface area contributed by atoms with Crippen molar-refractivity contribution in [3.63, 3.8) is 0 Å². The molecule has 74 valence electrons. The lowest BCUT2D eigenvalue weighted by Gasteiger charge is -2.11. The van der Waals surface area contributed by atoms with Crippen LogP contribution in [0, 0.1) is 0 Å². The molecule has 4 nitrogen and oxygen atoms in total. The first kappa shape index (κ1) is 10.2. The van der Waals surface area contributed by atoms with Crippen LogP contribution in [0.1, 0.15) is 33.1 Å². The van der Waals surface area contributed by atoms with E-state index in [-0.39, 0.29) is 17.9 Å². The Morgan fingerprint density at radius 1 is 1.46 bits per heavy atom. The third-order valence-corrected chi connectivity index (χ3v) is 1.99. The molecular formula is C9H14O4. The van der Waals surface area contributed by atoms with Crippen LogP contribution < -0.4 is 0 Å². The average Bonchev–Trinajstić information content (AvgIpc) is 2.50. The number of Topliss-reactive ketones (excluding diaryl/α,β-unsaturated/α-hetero) is 1. The number of ether oxygens (including phenoxy) is 2. The van der Waals surface area contributed by atoms with Crippen LogP contribution in [-0.2, 0) is 19.1 Å². The van der Waals surface area contributed by atoms with Gasteiger partial charge in [0.2, 0.25) is 6.29 Å². The van der Waals surface area contributed by atoms with Gasteiger partial charge in [-0.25, -0.2) is 0 Å². The van der Waals surface area contributed by atoms with Crippen LogP contribution in [-0.4, -0.2) is 24.1 Å². The number of rotatable bonds is 3. The first-order valence-corrected chi connectivity index (χ1v) is 4.49. The van der Waals surface area contributed by atoms with Gasteiger partial charge in [0.05, 0.1) is 0 Å². The summed E-state index contributed by atoms with van der Waals surface area (Å²) in [6, 6.07) is 0. The van der Waals surface area contributed by atoms with E-state index < -0.39 is 6.29 Å². The van der Waals surface area contributed by atoms with Crippen LogP contribution in [0.5, 0.6) is 0 Å². The molecule has 0 aliphatic carbocycles. The number of hydrogen-bond donors (Lipinski definition) is 0. The van der Waals surface area contributed by atoms with Gasteiger partial charge in [-0.2, -0.15) is 0 Å². The molecule has 0 N–H and O–H groups in total. The number of hydrogen-bond acceptors (Lipinski definition) is 4. The molecule has 2 atom stereocenters. The summed E-state index contributed by atoms with van der Waals surface area (Å²) in [5.41, 5.74) is 0. The van der Waals surface area contributed by atoms with E-state index in [0.29, 0.717) is 19.3 Å². The molecule has 1 rings (SSSR count). The van der Waals surface area contributed by atoms with Crippen molar-refractivity contribution in [1.29, 1.82) is 0 Å². The molecule has 0 spiro atoms. The second kappa shape index (κ2) is 4.37. The van der Waals surface area contributed by atoms with Crippen molar-refractivity contribution in [2.45, 2.75) is 45.5 Å². The minimum atomic E-state index is -0.516. The van der Waals surface area contributed by atoms with Crippen molar-refractivity contribution in [2.75, 3.05) is 0 Å². The quantitative estimate of drug-likeness (QED) is 0.618. The molecule has 0 amide bonds. The van der Waals surface area contributed by atoms with Crippen LogP contribution in [0.25, 0.3) is 0 Å². The van der Waals surface area contributed by atoms with Gasteiger partial charge in [-0.05, 0) is 6.42 Å². The van der Waals surface area contributed by atoms with Gasteiger partial charge in [0.25, 0.3) is 0 Å². The summed E-state index contributed by atoms with van der Waals surface area (Å²) in [7, 11) is 0. The van der Waals surface area contributed by atoms with Crippen molar-refractivity contribution >= 4 is 11.8 Å². The maximum Gasteiger partial charge on any atom is 0.304 e. The zero-order chi connectivity index (χ0) is 9.84. The molecule has 0 bridgehead atoms. The first-order valence-electron chi connectivity index (χ1n) is 4.49. The Kier molecular flexibility index (Phi) is 3.42. The summed E-state index contributed by atoms with van der Waals surface area (Å²) < 4.78 is 10.1. The Balaban J connectivity index is 2.36. The van der Waals surface area contributed by atoms with Crippen LogP contribution in [0.15, 0.2) is 0 Å². The molecule has 13 heavy (non-hydrogen) atoms. The fourth-order valence-electron chi connectivity index (χ4n) is 1.34. The van der Waals surface area contributed by atoms with Crippen molar-refractivity contribution < 1.29 is 19.1 Å². The minimum absolute atomic E-state index is 0.0784. The van der Waals surface area contributed by atoms with E-state index in [2.05, 4.69) is 0 Å². The van der Waals surface area contributed by atoms with E-state index in [1.807, 2.05) is 0 Å². The predicted molar refractivity (Wildman–Crippen MR) is 45.0 cm³/mol. The first-order chi connectivity index (χ1) is 6.13. The van der Waals surface area contributed by atoms with Crippen molar-refractivity contribution in [3.05, 3.63) is 0 Å². The fourth-order valence-corrected chi connectivity index (χ4v) is 1.34. The Labute approximate surface area is 77.2 Å². The molecule has 1 saturated heterocycles. The number of carbonyl (C=O) groups excluding carboxylic acids is 2. The summed E-state index contributed by atoms with van der Waals surface area (Å²) in [6.45, 7) is 3.13. The van der Waals surface area contributed by atoms with E-state index in [1.54, 1.807) is 6.92 Å². The lowest BCUT2D eigenvalue weighted by Crippen LogP contribution is -2.22. The molecule has 4 heteroatoms. The molecule has 0 aromatic heterocycles. The second-order valence-corrected chi connectivity index (χ2v) is 3.06. The summed E-state index contributed by atoms with van der Waals surface area (Å²) in [5, 5.41) is 0. The zero-order valence-electron chi connectivity index (χ0n) is 7.91. The van der Waals surface area contributed by atoms with Gasteiger partial charge >= 0.3 is 5.97 Å². The molecule has 1 fully saturated rings. The highest BCUT2D eigenvalue weighted by Gasteiger charge is 2.31. The Bertz CT molecular complexity index is 212. The van der Waals surface area contributed by atoms with Crippen LogP contribution in [0.3, 0.4) is 0 Å². The smallest absolute Gasteiger partial charge is 0.304 e. The maximum absolute atomic E-state index is 11.2. The SMILES string of the molecule is CCC(=O)C1CCC(OC(C)=O)O1. The van der Waals surface area contributed by atoms with Gasteiger partial charge in [-0.3, -0.25) is 9.59 Å². The molecule has 1 heterocycles. The van der Waals surface area contributed by atoms with Gasteiger partial charge in [-0.15, -0.1) is 0 Å². The van der Waals surface area contributed by atoms with E-state index in [4.69, 9.17) is 9.47 Å². The molecule has 0 aromatic carbocycles. The van der Waals surface area contributed by atoms with E-state index in [0.717, 1.165) is 0 Å². The van der Waals surface area contributed by atoms with Gasteiger partial charge < -0.3 is 9.47 Å². The summed E-state index contributed by atoms with van der Waals surface area (Å²) >= 11 is 0. The van der Waals surface area contributed by atoms with Crippen molar-refractivity contribution in [3.8, 4) is 0 Å². The summed E-state index contributed by atoms with van der Waals surface area (Å²) in [5.74, 6) is -0.288. The van der Waals surface area contributed by atoms with Gasteiger partial charge in [0, 0.05) is 19.8 Å². The molecule has 2 unspecified atom stereocenters. The molecule has 0 aromatic rings. The van der Waals surface area contributed by atoms with Crippen LogP contribution in [0.4, 0.5) is 0 Å². The standard InChI is InChI=1S/C9H14O4/c1-3-7(11)8-4-5-9(13-8)12-6(2)10/h8-9H,3-5H2,1-2H3. The van der Waals surface area contributed by atoms with Crippen molar-refractivity contribution in [2.24, 2.45) is 0 Å². The van der Waals surface area contributed by atoms with E-state index >= 15 is 0 Å². The zero-order valence-corrected chi connectivity index (χ0v) is 7.91. The normalized spacial score (nSPS) is 27.2. The number of carbonyl (C=O) groups is 2. The lowest BCUT2D eigenvalue weighted by molar-refractivity contribution is -0.175. The molecule has 1 aliphatic rings. The van der Waals surface area contributed by atoms with Gasteiger partial charge in [0.15, 0.2) is 5.78 Å². The topological polar surface area (TPSA) is 52.6 Å². The van der Waals surface area contributed by atoms with Crippen LogP contribution in [0.2, 0.25) is 0 Å². The van der Waals surface area contributed by atoms with Gasteiger partial charge in [0.1, 0.15) is 6.10 Å². The highest BCUT2D eigenvalue weighted by molar-refractivity contribution is 5.83. The minimum Gasteiger partial charge on any atom is -0.436 e. The second-order valence-electron chi connectivity index (χ2n) is 3.06. The third kappa shape index (κ3) is 2.81. The average molecular weight is 186 g/mol. The lowest BCUT2D eigenvalue weighted by atomic mass is 10.1. The number of ketones is 1. The molecule has 1 aliphatic heterocycles. The molecule has 0 radical (unpaired) electrons. The Morgan fingerprint density at radius 3 is 2.69 bits per heavy atom. The third-order valence-electron chi connectivity index (χ3n) is 1.99. The Morgan fingerprint density at radius 2 is 2.15 bits per heavy atom. The number of esters is 1. The summed E-state index contributed by atoms with van der Waals surface area (Å²) in [4.78, 5) is 21.7. The largest absolute Gasteiger partial charge is 0.436 e. The fraction of sp³-hybridized carbons (Fsp3) is 0.778. The van der Waals surface area contributed by atoms with E-state index in [1.165, 1.54) is 6.92 Å². The van der Waals surface area contributed by atoms with Crippen LogP contribution >= 0.6 is 0 Å². The highest BCUT2D eigenvalue weighted by atomic mass is 16.7. The molecular weight excluding hydrogens is 172 g/mol. The van der Waals surface area contributed by atoms with Gasteiger partial charge in [-0.1, -0.05) is 6.92 Å². The van der Waals surface area contributed by atoms with E-state index in [9.17, 15) is 9.59 Å². The Hall–Kier alpha value is -0.900.